The second-order valence-electron chi connectivity index (χ2n) is 12.0. The maximum absolute atomic E-state index is 15.5. The number of nitrogens with one attached hydrogen (secondary N) is 1. The Morgan fingerprint density at radius 2 is 1.53 bits per heavy atom. The number of pyridine rings is 1. The van der Waals surface area contributed by atoms with Crippen molar-refractivity contribution in [3.63, 3.8) is 0 Å². The first kappa shape index (κ1) is 37.3. The normalized spacial score (nSPS) is 13.9. The molecule has 1 aliphatic rings. The van der Waals surface area contributed by atoms with Crippen LogP contribution in [0.15, 0.2) is 17.1 Å². The van der Waals surface area contributed by atoms with E-state index in [9.17, 15) is 29.1 Å². The molecule has 2 heterocycles. The minimum Gasteiger partial charge on any atom is -0.477 e. The Balaban J connectivity index is 1.60. The van der Waals surface area contributed by atoms with Gasteiger partial charge in [0.25, 0.3) is 0 Å². The highest BCUT2D eigenvalue weighted by Crippen LogP contribution is 2.31. The van der Waals surface area contributed by atoms with Gasteiger partial charge in [0.05, 0.1) is 17.3 Å². The molecular weight excluding hydrogens is 613 g/mol. The molecule has 1 aliphatic heterocycles. The van der Waals surface area contributed by atoms with E-state index in [1.54, 1.807) is 25.7 Å². The summed E-state index contributed by atoms with van der Waals surface area (Å²) in [4.78, 5) is 68.2. The van der Waals surface area contributed by atoms with Gasteiger partial charge in [-0.2, -0.15) is 0 Å². The summed E-state index contributed by atoms with van der Waals surface area (Å²) in [5, 5.41) is 9.23. The molecular formula is C34H48FN3O9. The number of hydrogen-bond acceptors (Lipinski definition) is 9. The Hall–Kier alpha value is -4.16. The summed E-state index contributed by atoms with van der Waals surface area (Å²) in [6.07, 6.45) is 7.91. The third-order valence-electron chi connectivity index (χ3n) is 8.12. The van der Waals surface area contributed by atoms with E-state index < -0.39 is 53.2 Å². The molecule has 47 heavy (non-hydrogen) atoms. The number of esters is 2. The number of ether oxygens (including phenoxy) is 3. The Labute approximate surface area is 274 Å². The number of carboxylic acids is 1. The van der Waals surface area contributed by atoms with Crippen LogP contribution in [0.25, 0.3) is 10.9 Å². The van der Waals surface area contributed by atoms with Gasteiger partial charge in [0.1, 0.15) is 11.4 Å². The fourth-order valence-corrected chi connectivity index (χ4v) is 5.68. The molecule has 260 valence electrons. The lowest BCUT2D eigenvalue weighted by atomic mass is 10.0. The number of aromatic carboxylic acids is 1. The summed E-state index contributed by atoms with van der Waals surface area (Å²) in [6.45, 7) is 7.82. The molecule has 2 aromatic rings. The fraction of sp³-hybridized carbons (Fsp3) is 0.618. The smallest absolute Gasteiger partial charge is 0.413 e. The van der Waals surface area contributed by atoms with E-state index in [0.29, 0.717) is 23.9 Å². The molecule has 1 aromatic carbocycles. The molecule has 1 saturated heterocycles. The molecule has 0 spiro atoms. The number of hydrogen-bond donors (Lipinski definition) is 2. The van der Waals surface area contributed by atoms with Crippen molar-refractivity contribution in [2.75, 3.05) is 31.1 Å². The number of rotatable bonds is 17. The number of aromatic nitrogens is 1. The number of nitrogens with zero attached hydrogens (tertiary/aromatic N) is 2. The summed E-state index contributed by atoms with van der Waals surface area (Å²) in [6, 6.07) is 1.03. The van der Waals surface area contributed by atoms with Gasteiger partial charge >= 0.3 is 30.3 Å². The predicted molar refractivity (Wildman–Crippen MR) is 174 cm³/mol. The first-order chi connectivity index (χ1) is 22.5. The van der Waals surface area contributed by atoms with E-state index in [4.69, 9.17) is 14.2 Å². The fourth-order valence-electron chi connectivity index (χ4n) is 5.68. The van der Waals surface area contributed by atoms with Gasteiger partial charge in [-0.3, -0.25) is 9.59 Å². The Morgan fingerprint density at radius 3 is 2.11 bits per heavy atom. The molecule has 13 heteroatoms. The van der Waals surface area contributed by atoms with Crippen LogP contribution >= 0.6 is 0 Å². The maximum Gasteiger partial charge on any atom is 0.413 e. The number of piperazine rings is 1. The maximum atomic E-state index is 15.5. The van der Waals surface area contributed by atoms with E-state index in [1.807, 2.05) is 0 Å². The highest BCUT2D eigenvalue weighted by molar-refractivity contribution is 5.94. The van der Waals surface area contributed by atoms with Crippen LogP contribution in [0, 0.1) is 5.82 Å². The first-order valence-corrected chi connectivity index (χ1v) is 16.7. The van der Waals surface area contributed by atoms with Gasteiger partial charge in [-0.1, -0.05) is 65.2 Å². The van der Waals surface area contributed by atoms with Crippen molar-refractivity contribution >= 4 is 40.6 Å². The molecule has 1 atom stereocenters. The van der Waals surface area contributed by atoms with Gasteiger partial charge < -0.3 is 34.1 Å². The van der Waals surface area contributed by atoms with Crippen LogP contribution in [0.1, 0.15) is 108 Å². The van der Waals surface area contributed by atoms with E-state index >= 15 is 4.39 Å². The standard InChI is InChI=1S/C34H48FN3O9/c1-5-7-8-9-10-11-12-13-14-15-27(39)46-33(32(43)45-22(3)4)47-34(44)38-18-16-37(17-19-38)29-23(6-2)28-24(20-26(29)35)30(40)25(21-36-28)31(41)42/h20-22,33H,5-19H2,1-4H3,(H,36,40)(H,41,42). The number of unbranched alkanes of at least 4 members (excludes halogenated alkanes) is 8. The van der Waals surface area contributed by atoms with Crippen molar-refractivity contribution < 1.29 is 42.9 Å². The van der Waals surface area contributed by atoms with Gasteiger partial charge in [0.2, 0.25) is 5.43 Å². The predicted octanol–water partition coefficient (Wildman–Crippen LogP) is 5.93. The zero-order valence-electron chi connectivity index (χ0n) is 27.9. The molecule has 1 fully saturated rings. The molecule has 0 bridgehead atoms. The average molecular weight is 662 g/mol. The average Bonchev–Trinajstić information content (AvgIpc) is 3.03. The van der Waals surface area contributed by atoms with Crippen LogP contribution in [0.5, 0.6) is 0 Å². The monoisotopic (exact) mass is 661 g/mol. The minimum atomic E-state index is -1.86. The SMILES string of the molecule is CCCCCCCCCCCC(=O)OC(OC(=O)N1CCN(c2c(F)cc3c(=O)c(C(=O)O)c[nH]c3c2CC)CC1)C(=O)OC(C)C. The number of aromatic amines is 1. The number of carbonyl (C=O) groups excluding carboxylic acids is 3. The molecule has 1 amide bonds. The number of carbonyl (C=O) groups is 4. The van der Waals surface area contributed by atoms with Gasteiger partial charge in [0.15, 0.2) is 0 Å². The highest BCUT2D eigenvalue weighted by Gasteiger charge is 2.33. The van der Waals surface area contributed by atoms with Crippen molar-refractivity contribution in [2.45, 2.75) is 111 Å². The van der Waals surface area contributed by atoms with Crippen molar-refractivity contribution in [1.82, 2.24) is 9.88 Å². The van der Waals surface area contributed by atoms with Crippen molar-refractivity contribution in [2.24, 2.45) is 0 Å². The van der Waals surface area contributed by atoms with Crippen LogP contribution in [0.2, 0.25) is 0 Å². The number of fused-ring (bicyclic) bond motifs is 1. The van der Waals surface area contributed by atoms with Crippen LogP contribution < -0.4 is 10.3 Å². The summed E-state index contributed by atoms with van der Waals surface area (Å²) >= 11 is 0. The molecule has 2 N–H and O–H groups in total. The van der Waals surface area contributed by atoms with E-state index in [2.05, 4.69) is 11.9 Å². The third-order valence-corrected chi connectivity index (χ3v) is 8.12. The van der Waals surface area contributed by atoms with E-state index in [-0.39, 0.29) is 43.7 Å². The summed E-state index contributed by atoms with van der Waals surface area (Å²) < 4.78 is 31.2. The topological polar surface area (TPSA) is 156 Å². The number of carboxylic acid groups (broad SMARTS) is 1. The van der Waals surface area contributed by atoms with Crippen LogP contribution in [-0.4, -0.2) is 77.6 Å². The largest absolute Gasteiger partial charge is 0.477 e. The molecule has 1 unspecified atom stereocenters. The third kappa shape index (κ3) is 10.4. The first-order valence-electron chi connectivity index (χ1n) is 16.7. The Kier molecular flexibility index (Phi) is 14.5. The lowest BCUT2D eigenvalue weighted by Crippen LogP contribution is -2.50. The zero-order valence-corrected chi connectivity index (χ0v) is 27.9. The Bertz CT molecular complexity index is 1450. The highest BCUT2D eigenvalue weighted by atomic mass is 19.1. The molecule has 3 rings (SSSR count). The van der Waals surface area contributed by atoms with Gasteiger partial charge in [0, 0.05) is 49.7 Å². The van der Waals surface area contributed by atoms with Crippen LogP contribution in [0.4, 0.5) is 14.9 Å². The molecule has 12 nitrogen and oxygen atoms in total. The van der Waals surface area contributed by atoms with E-state index in [1.165, 1.54) is 37.0 Å². The quantitative estimate of drug-likeness (QED) is 0.118. The lowest BCUT2D eigenvalue weighted by Gasteiger charge is -2.37. The number of halogens is 1. The molecule has 0 saturated carbocycles. The number of anilines is 1. The van der Waals surface area contributed by atoms with Crippen LogP contribution in [-0.2, 0) is 30.2 Å². The second-order valence-corrected chi connectivity index (χ2v) is 12.0. The summed E-state index contributed by atoms with van der Waals surface area (Å²) in [7, 11) is 0. The van der Waals surface area contributed by atoms with Gasteiger partial charge in [-0.25, -0.2) is 18.8 Å². The minimum absolute atomic E-state index is 0.0584. The second kappa shape index (κ2) is 18.2. The Morgan fingerprint density at radius 1 is 0.915 bits per heavy atom. The summed E-state index contributed by atoms with van der Waals surface area (Å²) in [5.74, 6) is -3.75. The van der Waals surface area contributed by atoms with Gasteiger partial charge in [-0.05, 0) is 32.8 Å². The zero-order chi connectivity index (χ0) is 34.5. The van der Waals surface area contributed by atoms with Gasteiger partial charge in [-0.15, -0.1) is 0 Å². The molecule has 1 aromatic heterocycles. The van der Waals surface area contributed by atoms with Crippen molar-refractivity contribution in [1.29, 1.82) is 0 Å². The van der Waals surface area contributed by atoms with Crippen LogP contribution in [0.3, 0.4) is 0 Å². The lowest BCUT2D eigenvalue weighted by molar-refractivity contribution is -0.195. The number of amides is 1. The summed E-state index contributed by atoms with van der Waals surface area (Å²) in [5.41, 5.74) is -0.172. The number of benzene rings is 1. The van der Waals surface area contributed by atoms with Crippen molar-refractivity contribution in [3.8, 4) is 0 Å². The molecule has 0 radical (unpaired) electrons. The number of aryl methyl sites for hydroxylation is 1. The van der Waals surface area contributed by atoms with Crippen molar-refractivity contribution in [3.05, 3.63) is 39.4 Å². The van der Waals surface area contributed by atoms with E-state index in [0.717, 1.165) is 31.5 Å². The number of H-pyrrole nitrogens is 1. The molecule has 0 aliphatic carbocycles.